The van der Waals surface area contributed by atoms with Crippen LogP contribution in [0.1, 0.15) is 24.2 Å². The molecule has 2 rings (SSSR count). The van der Waals surface area contributed by atoms with Crippen LogP contribution in [0.3, 0.4) is 0 Å². The smallest absolute Gasteiger partial charge is 0.221 e. The zero-order valence-corrected chi connectivity index (χ0v) is 14.7. The van der Waals surface area contributed by atoms with Crippen molar-refractivity contribution in [1.82, 2.24) is 0 Å². The summed E-state index contributed by atoms with van der Waals surface area (Å²) in [4.78, 5) is 24.4. The lowest BCUT2D eigenvalue weighted by atomic mass is 10.1. The summed E-state index contributed by atoms with van der Waals surface area (Å²) in [5.74, 6) is 0.00243. The van der Waals surface area contributed by atoms with Gasteiger partial charge >= 0.3 is 0 Å². The van der Waals surface area contributed by atoms with Gasteiger partial charge in [0.25, 0.3) is 0 Å². The molecule has 0 heterocycles. The first-order chi connectivity index (χ1) is 10.5. The Balaban J connectivity index is 2.01. The molecule has 0 spiro atoms. The predicted octanol–water partition coefficient (Wildman–Crippen LogP) is 4.77. The van der Waals surface area contributed by atoms with Crippen LogP contribution in [0.25, 0.3) is 0 Å². The number of hydrogen-bond donors (Lipinski definition) is 1. The molecule has 0 unspecified atom stereocenters. The maximum Gasteiger partial charge on any atom is 0.221 e. The third kappa shape index (κ3) is 4.71. The van der Waals surface area contributed by atoms with Gasteiger partial charge in [-0.2, -0.15) is 0 Å². The van der Waals surface area contributed by atoms with Crippen molar-refractivity contribution in [3.63, 3.8) is 0 Å². The number of carbonyl (C=O) groups excluding carboxylic acids is 2. The number of hydrogen-bond acceptors (Lipinski definition) is 3. The second-order valence-electron chi connectivity index (χ2n) is 4.84. The summed E-state index contributed by atoms with van der Waals surface area (Å²) in [6.45, 7) is 3.37. The first kappa shape index (κ1) is 16.8. The van der Waals surface area contributed by atoms with Gasteiger partial charge in [0.15, 0.2) is 5.78 Å². The molecule has 1 N–H and O–H groups in total. The fourth-order valence-corrected chi connectivity index (χ4v) is 3.14. The number of ketones is 1. The molecule has 0 saturated heterocycles. The van der Waals surface area contributed by atoms with Crippen LogP contribution in [0.2, 0.25) is 0 Å². The van der Waals surface area contributed by atoms with E-state index in [1.165, 1.54) is 18.7 Å². The SMILES string of the molecule is CC(=O)Nc1ccc(S[C@H](C)C(=O)c2ccc(Br)cc2)cc1. The van der Waals surface area contributed by atoms with E-state index in [0.717, 1.165) is 15.1 Å². The van der Waals surface area contributed by atoms with Crippen molar-refractivity contribution < 1.29 is 9.59 Å². The Kier molecular flexibility index (Phi) is 5.80. The van der Waals surface area contributed by atoms with Gasteiger partial charge in [-0.3, -0.25) is 9.59 Å². The molecule has 0 saturated carbocycles. The van der Waals surface area contributed by atoms with Crippen molar-refractivity contribution >= 4 is 45.1 Å². The molecule has 0 radical (unpaired) electrons. The third-order valence-corrected chi connectivity index (χ3v) is 4.63. The standard InChI is InChI=1S/C17H16BrNO2S/c1-11(17(21)13-3-5-14(18)6-4-13)22-16-9-7-15(8-10-16)19-12(2)20/h3-11H,1-2H3,(H,19,20)/t11-/m1/s1. The summed E-state index contributed by atoms with van der Waals surface area (Å²) in [5.41, 5.74) is 1.46. The number of nitrogens with one attached hydrogen (secondary N) is 1. The van der Waals surface area contributed by atoms with Crippen molar-refractivity contribution in [2.24, 2.45) is 0 Å². The quantitative estimate of drug-likeness (QED) is 0.602. The van der Waals surface area contributed by atoms with Gasteiger partial charge in [0.1, 0.15) is 0 Å². The largest absolute Gasteiger partial charge is 0.326 e. The van der Waals surface area contributed by atoms with Crippen LogP contribution in [0.5, 0.6) is 0 Å². The Labute approximate surface area is 142 Å². The minimum Gasteiger partial charge on any atom is -0.326 e. The topological polar surface area (TPSA) is 46.2 Å². The van der Waals surface area contributed by atoms with E-state index < -0.39 is 0 Å². The van der Waals surface area contributed by atoms with E-state index in [2.05, 4.69) is 21.2 Å². The van der Waals surface area contributed by atoms with Crippen molar-refractivity contribution in [2.45, 2.75) is 24.0 Å². The maximum absolute atomic E-state index is 12.4. The molecule has 22 heavy (non-hydrogen) atoms. The van der Waals surface area contributed by atoms with Crippen LogP contribution < -0.4 is 5.32 Å². The molecule has 114 valence electrons. The highest BCUT2D eigenvalue weighted by atomic mass is 79.9. The van der Waals surface area contributed by atoms with Gasteiger partial charge in [-0.15, -0.1) is 11.8 Å². The fourth-order valence-electron chi connectivity index (χ4n) is 1.93. The van der Waals surface area contributed by atoms with Gasteiger partial charge in [-0.05, 0) is 43.3 Å². The van der Waals surface area contributed by atoms with Crippen molar-refractivity contribution in [3.05, 3.63) is 58.6 Å². The van der Waals surface area contributed by atoms with Gasteiger partial charge in [-0.1, -0.05) is 28.1 Å². The zero-order valence-electron chi connectivity index (χ0n) is 12.3. The van der Waals surface area contributed by atoms with E-state index in [4.69, 9.17) is 0 Å². The summed E-state index contributed by atoms with van der Waals surface area (Å²) in [6.07, 6.45) is 0. The Bertz CT molecular complexity index is 668. The van der Waals surface area contributed by atoms with E-state index >= 15 is 0 Å². The lowest BCUT2D eigenvalue weighted by Gasteiger charge is -2.11. The van der Waals surface area contributed by atoms with Crippen LogP contribution in [-0.2, 0) is 4.79 Å². The van der Waals surface area contributed by atoms with Gasteiger partial charge < -0.3 is 5.32 Å². The number of amides is 1. The molecule has 2 aromatic carbocycles. The predicted molar refractivity (Wildman–Crippen MR) is 94.5 cm³/mol. The van der Waals surface area contributed by atoms with Crippen LogP contribution in [0.4, 0.5) is 5.69 Å². The van der Waals surface area contributed by atoms with Crippen LogP contribution >= 0.6 is 27.7 Å². The normalized spacial score (nSPS) is 11.8. The van der Waals surface area contributed by atoms with Gasteiger partial charge in [-0.25, -0.2) is 0 Å². The number of benzene rings is 2. The van der Waals surface area contributed by atoms with E-state index in [1.807, 2.05) is 55.5 Å². The van der Waals surface area contributed by atoms with E-state index in [0.29, 0.717) is 5.56 Å². The molecule has 0 aliphatic rings. The van der Waals surface area contributed by atoms with Crippen LogP contribution in [-0.4, -0.2) is 16.9 Å². The highest BCUT2D eigenvalue weighted by Crippen LogP contribution is 2.27. The van der Waals surface area contributed by atoms with Gasteiger partial charge in [0, 0.05) is 27.5 Å². The zero-order chi connectivity index (χ0) is 16.1. The second kappa shape index (κ2) is 7.61. The Hall–Kier alpha value is -1.59. The van der Waals surface area contributed by atoms with E-state index in [1.54, 1.807) is 0 Å². The summed E-state index contributed by atoms with van der Waals surface area (Å²) in [5, 5.41) is 2.55. The number of carbonyl (C=O) groups is 2. The number of Topliss-reactive ketones (excluding diaryl/α,β-unsaturated/α-hetero) is 1. The van der Waals surface area contributed by atoms with Crippen molar-refractivity contribution in [1.29, 1.82) is 0 Å². The molecule has 3 nitrogen and oxygen atoms in total. The molecule has 0 aliphatic carbocycles. The average molecular weight is 378 g/mol. The van der Waals surface area contributed by atoms with E-state index in [9.17, 15) is 9.59 Å². The fraction of sp³-hybridized carbons (Fsp3) is 0.176. The summed E-state index contributed by atoms with van der Waals surface area (Å²) >= 11 is 4.87. The molecule has 0 bridgehead atoms. The second-order valence-corrected chi connectivity index (χ2v) is 7.17. The Morgan fingerprint density at radius 2 is 1.64 bits per heavy atom. The number of anilines is 1. The van der Waals surface area contributed by atoms with Crippen LogP contribution in [0, 0.1) is 0 Å². The first-order valence-corrected chi connectivity index (χ1v) is 8.47. The molecule has 2 aromatic rings. The lowest BCUT2D eigenvalue weighted by molar-refractivity contribution is -0.114. The third-order valence-electron chi connectivity index (χ3n) is 2.99. The lowest BCUT2D eigenvalue weighted by Crippen LogP contribution is -2.13. The number of halogens is 1. The van der Waals surface area contributed by atoms with Gasteiger partial charge in [0.2, 0.25) is 5.91 Å². The summed E-state index contributed by atoms with van der Waals surface area (Å²) in [6, 6.07) is 14.9. The number of thioether (sulfide) groups is 1. The monoisotopic (exact) mass is 377 g/mol. The number of rotatable bonds is 5. The van der Waals surface area contributed by atoms with E-state index in [-0.39, 0.29) is 16.9 Å². The van der Waals surface area contributed by atoms with Crippen LogP contribution in [0.15, 0.2) is 57.9 Å². The molecule has 0 aliphatic heterocycles. The molecular weight excluding hydrogens is 362 g/mol. The summed E-state index contributed by atoms with van der Waals surface area (Å²) < 4.78 is 0.956. The Morgan fingerprint density at radius 1 is 1.05 bits per heavy atom. The highest BCUT2D eigenvalue weighted by molar-refractivity contribution is 9.10. The molecule has 1 atom stereocenters. The average Bonchev–Trinajstić information content (AvgIpc) is 2.49. The maximum atomic E-state index is 12.4. The Morgan fingerprint density at radius 3 is 2.18 bits per heavy atom. The molecule has 1 amide bonds. The van der Waals surface area contributed by atoms with Crippen molar-refractivity contribution in [2.75, 3.05) is 5.32 Å². The minimum absolute atomic E-state index is 0.0980. The first-order valence-electron chi connectivity index (χ1n) is 6.80. The summed E-state index contributed by atoms with van der Waals surface area (Å²) in [7, 11) is 0. The molecular formula is C17H16BrNO2S. The molecule has 5 heteroatoms. The van der Waals surface area contributed by atoms with Crippen molar-refractivity contribution in [3.8, 4) is 0 Å². The van der Waals surface area contributed by atoms with Gasteiger partial charge in [0.05, 0.1) is 5.25 Å². The highest BCUT2D eigenvalue weighted by Gasteiger charge is 2.16. The molecule has 0 fully saturated rings. The molecule has 0 aromatic heterocycles. The minimum atomic E-state index is -0.173.